The van der Waals surface area contributed by atoms with E-state index in [1.54, 1.807) is 4.90 Å². The van der Waals surface area contributed by atoms with Crippen LogP contribution in [0.4, 0.5) is 18.9 Å². The minimum absolute atomic E-state index is 0.0719. The van der Waals surface area contributed by atoms with E-state index in [-0.39, 0.29) is 18.0 Å². The first-order valence-electron chi connectivity index (χ1n) is 7.70. The molecule has 7 heteroatoms. The molecule has 0 radical (unpaired) electrons. The van der Waals surface area contributed by atoms with E-state index in [2.05, 4.69) is 5.32 Å². The molecule has 3 rings (SSSR count). The lowest BCUT2D eigenvalue weighted by molar-refractivity contribution is -0.137. The summed E-state index contributed by atoms with van der Waals surface area (Å²) in [7, 11) is 0. The number of anilines is 1. The topological polar surface area (TPSA) is 49.4 Å². The molecule has 0 saturated heterocycles. The highest BCUT2D eigenvalue weighted by molar-refractivity contribution is 6.01. The van der Waals surface area contributed by atoms with Crippen molar-refractivity contribution in [3.63, 3.8) is 0 Å². The molecule has 0 aliphatic carbocycles. The molecule has 0 atom stereocenters. The van der Waals surface area contributed by atoms with Gasteiger partial charge in [-0.2, -0.15) is 13.2 Å². The summed E-state index contributed by atoms with van der Waals surface area (Å²) in [6.07, 6.45) is -3.69. The maximum absolute atomic E-state index is 12.5. The summed E-state index contributed by atoms with van der Waals surface area (Å²) in [5.41, 5.74) is 1.15. The average molecular weight is 348 g/mol. The molecule has 4 nitrogen and oxygen atoms in total. The fraction of sp³-hybridized carbons (Fsp3) is 0.222. The van der Waals surface area contributed by atoms with Crippen LogP contribution in [0.5, 0.6) is 0 Å². The monoisotopic (exact) mass is 348 g/mol. The second-order valence-electron chi connectivity index (χ2n) is 5.68. The van der Waals surface area contributed by atoms with Gasteiger partial charge in [0.05, 0.1) is 12.1 Å². The standard InChI is InChI=1S/C18H15F3N2O2/c19-18(20,21)14-7-5-13(6-8-14)17(25)22-11-16(24)23-10-9-12-3-1-2-4-15(12)23/h1-8H,9-11H2,(H,22,25). The Morgan fingerprint density at radius 1 is 1.04 bits per heavy atom. The van der Waals surface area contributed by atoms with Crippen LogP contribution in [0, 0.1) is 0 Å². The molecule has 25 heavy (non-hydrogen) atoms. The smallest absolute Gasteiger partial charge is 0.343 e. The fourth-order valence-corrected chi connectivity index (χ4v) is 2.76. The molecule has 1 N–H and O–H groups in total. The Hall–Kier alpha value is -2.83. The van der Waals surface area contributed by atoms with Crippen LogP contribution in [0.3, 0.4) is 0 Å². The highest BCUT2D eigenvalue weighted by Crippen LogP contribution is 2.29. The molecule has 0 spiro atoms. The first-order chi connectivity index (χ1) is 11.9. The molecule has 2 aromatic rings. The first kappa shape index (κ1) is 17.0. The van der Waals surface area contributed by atoms with Crippen LogP contribution < -0.4 is 10.2 Å². The van der Waals surface area contributed by atoms with Crippen LogP contribution in [-0.4, -0.2) is 24.9 Å². The van der Waals surface area contributed by atoms with Gasteiger partial charge >= 0.3 is 6.18 Å². The number of halogens is 3. The summed E-state index contributed by atoms with van der Waals surface area (Å²) in [5, 5.41) is 2.45. The van der Waals surface area contributed by atoms with Crippen LogP contribution in [0.1, 0.15) is 21.5 Å². The van der Waals surface area contributed by atoms with Crippen molar-refractivity contribution in [1.82, 2.24) is 5.32 Å². The van der Waals surface area contributed by atoms with E-state index in [1.165, 1.54) is 0 Å². The summed E-state index contributed by atoms with van der Waals surface area (Å²) in [5.74, 6) is -0.847. The van der Waals surface area contributed by atoms with Crippen LogP contribution in [0.15, 0.2) is 48.5 Å². The second kappa shape index (κ2) is 6.58. The number of para-hydroxylation sites is 1. The number of hydrogen-bond donors (Lipinski definition) is 1. The van der Waals surface area contributed by atoms with Crippen molar-refractivity contribution in [3.8, 4) is 0 Å². The lowest BCUT2D eigenvalue weighted by Crippen LogP contribution is -2.39. The van der Waals surface area contributed by atoms with Gasteiger partial charge in [-0.3, -0.25) is 9.59 Å². The van der Waals surface area contributed by atoms with E-state index in [4.69, 9.17) is 0 Å². The quantitative estimate of drug-likeness (QED) is 0.927. The molecule has 130 valence electrons. The predicted octanol–water partition coefficient (Wildman–Crippen LogP) is 3.02. The van der Waals surface area contributed by atoms with Gasteiger partial charge in [0.2, 0.25) is 5.91 Å². The lowest BCUT2D eigenvalue weighted by atomic mass is 10.1. The van der Waals surface area contributed by atoms with Crippen molar-refractivity contribution >= 4 is 17.5 Å². The third-order valence-electron chi connectivity index (χ3n) is 4.06. The van der Waals surface area contributed by atoms with E-state index in [0.717, 1.165) is 41.9 Å². The molecule has 1 aliphatic rings. The number of fused-ring (bicyclic) bond motifs is 1. The minimum atomic E-state index is -4.45. The molecule has 0 saturated carbocycles. The molecule has 0 bridgehead atoms. The molecule has 1 heterocycles. The Morgan fingerprint density at radius 3 is 2.40 bits per heavy atom. The third-order valence-corrected chi connectivity index (χ3v) is 4.06. The number of hydrogen-bond acceptors (Lipinski definition) is 2. The fourth-order valence-electron chi connectivity index (χ4n) is 2.76. The summed E-state index contributed by atoms with van der Waals surface area (Å²) in [6.45, 7) is 0.336. The SMILES string of the molecule is O=C(NCC(=O)N1CCc2ccccc21)c1ccc(C(F)(F)F)cc1. The Labute approximate surface area is 142 Å². The van der Waals surface area contributed by atoms with Crippen molar-refractivity contribution in [2.45, 2.75) is 12.6 Å². The number of alkyl halides is 3. The summed E-state index contributed by atoms with van der Waals surface area (Å²) >= 11 is 0. The van der Waals surface area contributed by atoms with Gasteiger partial charge in [0.25, 0.3) is 5.91 Å². The van der Waals surface area contributed by atoms with Gasteiger partial charge in [-0.15, -0.1) is 0 Å². The van der Waals surface area contributed by atoms with E-state index in [1.807, 2.05) is 24.3 Å². The van der Waals surface area contributed by atoms with Gasteiger partial charge in [-0.05, 0) is 42.3 Å². The predicted molar refractivity (Wildman–Crippen MR) is 86.3 cm³/mol. The normalized spacial score (nSPS) is 13.5. The number of nitrogens with zero attached hydrogens (tertiary/aromatic N) is 1. The molecule has 1 aliphatic heterocycles. The van der Waals surface area contributed by atoms with Gasteiger partial charge in [0, 0.05) is 17.8 Å². The molecular weight excluding hydrogens is 333 g/mol. The Bertz CT molecular complexity index is 801. The van der Waals surface area contributed by atoms with Gasteiger partial charge in [-0.1, -0.05) is 18.2 Å². The van der Waals surface area contributed by atoms with Crippen molar-refractivity contribution < 1.29 is 22.8 Å². The van der Waals surface area contributed by atoms with Crippen molar-refractivity contribution in [3.05, 3.63) is 65.2 Å². The molecule has 0 unspecified atom stereocenters. The number of carbonyl (C=O) groups excluding carboxylic acids is 2. The van der Waals surface area contributed by atoms with E-state index < -0.39 is 17.6 Å². The van der Waals surface area contributed by atoms with Gasteiger partial charge in [0.1, 0.15) is 0 Å². The zero-order valence-electron chi connectivity index (χ0n) is 13.1. The number of rotatable bonds is 3. The maximum Gasteiger partial charge on any atom is 0.416 e. The zero-order chi connectivity index (χ0) is 18.0. The summed E-state index contributed by atoms with van der Waals surface area (Å²) in [6, 6.07) is 11.4. The number of benzene rings is 2. The van der Waals surface area contributed by atoms with E-state index in [0.29, 0.717) is 6.54 Å². The van der Waals surface area contributed by atoms with Crippen molar-refractivity contribution in [1.29, 1.82) is 0 Å². The first-order valence-corrected chi connectivity index (χ1v) is 7.70. The molecule has 0 aromatic heterocycles. The van der Waals surface area contributed by atoms with Gasteiger partial charge in [-0.25, -0.2) is 0 Å². The lowest BCUT2D eigenvalue weighted by Gasteiger charge is -2.17. The zero-order valence-corrected chi connectivity index (χ0v) is 13.1. The Kier molecular flexibility index (Phi) is 4.48. The average Bonchev–Trinajstić information content (AvgIpc) is 3.03. The van der Waals surface area contributed by atoms with Gasteiger partial charge < -0.3 is 10.2 Å². The van der Waals surface area contributed by atoms with E-state index in [9.17, 15) is 22.8 Å². The number of nitrogens with one attached hydrogen (secondary N) is 1. The molecule has 2 aromatic carbocycles. The summed E-state index contributed by atoms with van der Waals surface area (Å²) in [4.78, 5) is 25.9. The van der Waals surface area contributed by atoms with Crippen LogP contribution in [0.25, 0.3) is 0 Å². The minimum Gasteiger partial charge on any atom is -0.343 e. The highest BCUT2D eigenvalue weighted by Gasteiger charge is 2.30. The van der Waals surface area contributed by atoms with Crippen molar-refractivity contribution in [2.24, 2.45) is 0 Å². The van der Waals surface area contributed by atoms with Gasteiger partial charge in [0.15, 0.2) is 0 Å². The van der Waals surface area contributed by atoms with Crippen molar-refractivity contribution in [2.75, 3.05) is 18.0 Å². The van der Waals surface area contributed by atoms with Crippen LogP contribution >= 0.6 is 0 Å². The molecule has 2 amide bonds. The molecular formula is C18H15F3N2O2. The summed E-state index contributed by atoms with van der Waals surface area (Å²) < 4.78 is 37.6. The number of carbonyl (C=O) groups is 2. The maximum atomic E-state index is 12.5. The second-order valence-corrected chi connectivity index (χ2v) is 5.68. The largest absolute Gasteiger partial charge is 0.416 e. The Balaban J connectivity index is 1.60. The van der Waals surface area contributed by atoms with Crippen LogP contribution in [0.2, 0.25) is 0 Å². The highest BCUT2D eigenvalue weighted by atomic mass is 19.4. The van der Waals surface area contributed by atoms with Crippen LogP contribution in [-0.2, 0) is 17.4 Å². The molecule has 0 fully saturated rings. The van der Waals surface area contributed by atoms with E-state index >= 15 is 0 Å². The Morgan fingerprint density at radius 2 is 1.72 bits per heavy atom. The third kappa shape index (κ3) is 3.65. The number of amides is 2.